The molecule has 1 aromatic heterocycles. The summed E-state index contributed by atoms with van der Waals surface area (Å²) in [7, 11) is -3.67. The molecule has 2 heterocycles. The summed E-state index contributed by atoms with van der Waals surface area (Å²) < 4.78 is 56.4. The van der Waals surface area contributed by atoms with Crippen LogP contribution in [-0.2, 0) is 10.0 Å². The van der Waals surface area contributed by atoms with E-state index in [-0.39, 0.29) is 16.0 Å². The molecule has 0 unspecified atom stereocenters. The number of halogens is 2. The molecule has 5 rings (SSSR count). The number of benzene rings is 3. The van der Waals surface area contributed by atoms with Gasteiger partial charge in [-0.3, -0.25) is 4.79 Å². The highest BCUT2D eigenvalue weighted by Gasteiger charge is 2.27. The van der Waals surface area contributed by atoms with Crippen molar-refractivity contribution in [3.63, 3.8) is 0 Å². The number of nitrogens with zero attached hydrogens (tertiary/aromatic N) is 3. The van der Waals surface area contributed by atoms with Gasteiger partial charge in [-0.15, -0.1) is 0 Å². The van der Waals surface area contributed by atoms with Crippen molar-refractivity contribution in [1.29, 1.82) is 0 Å². The van der Waals surface area contributed by atoms with Gasteiger partial charge in [-0.05, 0) is 43.2 Å². The number of hydrogen-bond donors (Lipinski definition) is 0. The lowest BCUT2D eigenvalue weighted by Gasteiger charge is -2.16. The minimum Gasteiger partial charge on any atom is -0.267 e. The largest absolute Gasteiger partial charge is 0.279 e. The van der Waals surface area contributed by atoms with Crippen LogP contribution in [0.4, 0.5) is 8.78 Å². The molecule has 0 amide bonds. The van der Waals surface area contributed by atoms with Crippen molar-refractivity contribution >= 4 is 20.8 Å². The predicted octanol–water partition coefficient (Wildman–Crippen LogP) is 4.12. The fourth-order valence-electron chi connectivity index (χ4n) is 4.10. The average molecular weight is 467 g/mol. The summed E-state index contributed by atoms with van der Waals surface area (Å²) in [6.07, 6.45) is 1.64. The van der Waals surface area contributed by atoms with E-state index in [2.05, 4.69) is 5.10 Å². The van der Waals surface area contributed by atoms with Crippen LogP contribution >= 0.6 is 0 Å². The van der Waals surface area contributed by atoms with Gasteiger partial charge in [-0.2, -0.15) is 14.1 Å². The first kappa shape index (κ1) is 21.4. The van der Waals surface area contributed by atoms with Crippen LogP contribution in [0.25, 0.3) is 27.7 Å². The Hall–Kier alpha value is -3.43. The van der Waals surface area contributed by atoms with E-state index in [9.17, 15) is 22.0 Å². The predicted molar refractivity (Wildman–Crippen MR) is 121 cm³/mol. The highest BCUT2D eigenvalue weighted by atomic mass is 32.2. The Morgan fingerprint density at radius 2 is 1.58 bits per heavy atom. The lowest BCUT2D eigenvalue weighted by molar-refractivity contribution is 0.477. The smallest absolute Gasteiger partial charge is 0.267 e. The third-order valence-electron chi connectivity index (χ3n) is 5.75. The number of fused-ring (bicyclic) bond motifs is 1. The van der Waals surface area contributed by atoms with Crippen molar-refractivity contribution in [2.75, 3.05) is 13.1 Å². The van der Waals surface area contributed by atoms with Gasteiger partial charge in [0.1, 0.15) is 11.5 Å². The maximum atomic E-state index is 14.5. The third kappa shape index (κ3) is 3.73. The Morgan fingerprint density at radius 1 is 0.848 bits per heavy atom. The highest BCUT2D eigenvalue weighted by Crippen LogP contribution is 2.29. The van der Waals surface area contributed by atoms with Crippen LogP contribution in [0.5, 0.6) is 0 Å². The normalized spacial score (nSPS) is 14.7. The second kappa shape index (κ2) is 8.17. The molecule has 6 nitrogen and oxygen atoms in total. The molecule has 0 spiro atoms. The monoisotopic (exact) mass is 467 g/mol. The lowest BCUT2D eigenvalue weighted by atomic mass is 10.1. The molecule has 0 atom stereocenters. The SMILES string of the molecule is O=c1c2ccccc2c(-c2cccc(S(=O)(=O)N3CCCC3)c2)nn1-c1ccc(F)cc1F. The van der Waals surface area contributed by atoms with Crippen LogP contribution in [0.1, 0.15) is 12.8 Å². The fraction of sp³-hybridized carbons (Fsp3) is 0.167. The number of hydrogen-bond acceptors (Lipinski definition) is 4. The molecular formula is C24H19F2N3O3S. The van der Waals surface area contributed by atoms with Gasteiger partial charge in [0.15, 0.2) is 5.82 Å². The van der Waals surface area contributed by atoms with Gasteiger partial charge in [0.25, 0.3) is 5.56 Å². The van der Waals surface area contributed by atoms with Gasteiger partial charge in [0.05, 0.1) is 16.0 Å². The standard InChI is InChI=1S/C24H19F2N3O3S/c25-17-10-11-22(21(26)15-17)29-24(30)20-9-2-1-8-19(20)23(27-29)16-6-5-7-18(14-16)33(31,32)28-12-3-4-13-28/h1-2,5-11,14-15H,3-4,12-13H2. The van der Waals surface area contributed by atoms with E-state index >= 15 is 0 Å². The molecule has 0 bridgehead atoms. The first-order valence-electron chi connectivity index (χ1n) is 10.4. The lowest BCUT2D eigenvalue weighted by Crippen LogP contribution is -2.27. The molecule has 9 heteroatoms. The third-order valence-corrected chi connectivity index (χ3v) is 7.65. The molecule has 3 aromatic carbocycles. The molecule has 33 heavy (non-hydrogen) atoms. The van der Waals surface area contributed by atoms with Crippen LogP contribution in [0.3, 0.4) is 0 Å². The molecule has 1 saturated heterocycles. The zero-order chi connectivity index (χ0) is 23.2. The molecule has 0 aliphatic carbocycles. The number of aromatic nitrogens is 2. The van der Waals surface area contributed by atoms with Crippen LogP contribution < -0.4 is 5.56 Å². The second-order valence-electron chi connectivity index (χ2n) is 7.85. The molecular weight excluding hydrogens is 448 g/mol. The quantitative estimate of drug-likeness (QED) is 0.453. The van der Waals surface area contributed by atoms with Crippen molar-refractivity contribution in [3.8, 4) is 16.9 Å². The van der Waals surface area contributed by atoms with Crippen LogP contribution in [0, 0.1) is 11.6 Å². The molecule has 1 fully saturated rings. The Bertz CT molecular complexity index is 1540. The molecule has 0 radical (unpaired) electrons. The summed E-state index contributed by atoms with van der Waals surface area (Å²) in [6, 6.07) is 15.9. The van der Waals surface area contributed by atoms with Crippen molar-refractivity contribution in [1.82, 2.24) is 14.1 Å². The van der Waals surface area contributed by atoms with Gasteiger partial charge in [-0.1, -0.05) is 30.3 Å². The average Bonchev–Trinajstić information content (AvgIpc) is 3.36. The van der Waals surface area contributed by atoms with Crippen molar-refractivity contribution in [3.05, 3.63) is 88.7 Å². The van der Waals surface area contributed by atoms with Gasteiger partial charge >= 0.3 is 0 Å². The van der Waals surface area contributed by atoms with E-state index < -0.39 is 27.2 Å². The topological polar surface area (TPSA) is 72.3 Å². The van der Waals surface area contributed by atoms with E-state index in [1.165, 1.54) is 16.4 Å². The minimum absolute atomic E-state index is 0.124. The maximum absolute atomic E-state index is 14.5. The maximum Gasteiger partial charge on any atom is 0.279 e. The Balaban J connectivity index is 1.74. The van der Waals surface area contributed by atoms with Gasteiger partial charge in [0.2, 0.25) is 10.0 Å². The van der Waals surface area contributed by atoms with Crippen molar-refractivity contribution < 1.29 is 17.2 Å². The highest BCUT2D eigenvalue weighted by molar-refractivity contribution is 7.89. The Kier molecular flexibility index (Phi) is 5.30. The molecule has 1 aliphatic heterocycles. The molecule has 4 aromatic rings. The van der Waals surface area contributed by atoms with E-state index in [0.717, 1.165) is 29.7 Å². The summed E-state index contributed by atoms with van der Waals surface area (Å²) in [6.45, 7) is 0.949. The summed E-state index contributed by atoms with van der Waals surface area (Å²) in [5, 5.41) is 5.16. The van der Waals surface area contributed by atoms with E-state index in [4.69, 9.17) is 0 Å². The summed E-state index contributed by atoms with van der Waals surface area (Å²) >= 11 is 0. The summed E-state index contributed by atoms with van der Waals surface area (Å²) in [5.74, 6) is -1.71. The molecule has 168 valence electrons. The summed E-state index contributed by atoms with van der Waals surface area (Å²) in [5.41, 5.74) is 0.00471. The second-order valence-corrected chi connectivity index (χ2v) is 9.78. The van der Waals surface area contributed by atoms with Gasteiger partial charge in [-0.25, -0.2) is 17.2 Å². The molecule has 0 N–H and O–H groups in total. The van der Waals surface area contributed by atoms with Crippen LogP contribution in [0.2, 0.25) is 0 Å². The summed E-state index contributed by atoms with van der Waals surface area (Å²) in [4.78, 5) is 13.2. The Labute approximate surface area is 188 Å². The zero-order valence-electron chi connectivity index (χ0n) is 17.4. The minimum atomic E-state index is -3.67. The van der Waals surface area contributed by atoms with Crippen LogP contribution in [-0.4, -0.2) is 35.6 Å². The first-order chi connectivity index (χ1) is 15.9. The van der Waals surface area contributed by atoms with Gasteiger partial charge in [0, 0.05) is 30.1 Å². The van der Waals surface area contributed by atoms with Gasteiger partial charge < -0.3 is 0 Å². The number of rotatable bonds is 4. The zero-order valence-corrected chi connectivity index (χ0v) is 18.2. The molecule has 1 aliphatic rings. The van der Waals surface area contributed by atoms with E-state index in [1.54, 1.807) is 36.4 Å². The van der Waals surface area contributed by atoms with E-state index in [0.29, 0.717) is 35.8 Å². The van der Waals surface area contributed by atoms with Crippen LogP contribution in [0.15, 0.2) is 76.4 Å². The van der Waals surface area contributed by atoms with Crippen molar-refractivity contribution in [2.45, 2.75) is 17.7 Å². The molecule has 0 saturated carbocycles. The first-order valence-corrected chi connectivity index (χ1v) is 11.9. The fourth-order valence-corrected chi connectivity index (χ4v) is 5.66. The van der Waals surface area contributed by atoms with E-state index in [1.807, 2.05) is 0 Å². The number of sulfonamides is 1. The Morgan fingerprint density at radius 3 is 2.30 bits per heavy atom. The van der Waals surface area contributed by atoms with Crippen molar-refractivity contribution in [2.24, 2.45) is 0 Å².